The predicted octanol–water partition coefficient (Wildman–Crippen LogP) is -1.32. The zero-order valence-electron chi connectivity index (χ0n) is 7.75. The van der Waals surface area contributed by atoms with Crippen LogP contribution in [0.2, 0.25) is 0 Å². The van der Waals surface area contributed by atoms with Crippen LogP contribution in [0, 0.1) is 0 Å². The van der Waals surface area contributed by atoms with Gasteiger partial charge in [-0.05, 0) is 6.42 Å². The molecule has 74 valence electrons. The number of nitrogens with zero attached hydrogens (tertiary/aromatic N) is 1. The minimum Gasteiger partial charge on any atom is -0.352 e. The Kier molecular flexibility index (Phi) is 3.25. The second-order valence-corrected chi connectivity index (χ2v) is 3.23. The quantitative estimate of drug-likeness (QED) is 0.560. The summed E-state index contributed by atoms with van der Waals surface area (Å²) >= 11 is 0. The van der Waals surface area contributed by atoms with Crippen molar-refractivity contribution in [1.29, 1.82) is 0 Å². The van der Waals surface area contributed by atoms with E-state index in [0.29, 0.717) is 13.1 Å². The number of carbonyl (C=O) groups is 2. The summed E-state index contributed by atoms with van der Waals surface area (Å²) in [5.41, 5.74) is 5.22. The molecule has 5 nitrogen and oxygen atoms in total. The summed E-state index contributed by atoms with van der Waals surface area (Å²) in [6, 6.07) is 0.105. The number of rotatable bonds is 2. The Bertz CT molecular complexity index is 217. The van der Waals surface area contributed by atoms with Gasteiger partial charge in [0, 0.05) is 26.1 Å². The average Bonchev–Trinajstić information content (AvgIpc) is 2.50. The molecule has 1 atom stereocenters. The molecule has 0 aliphatic carbocycles. The predicted molar refractivity (Wildman–Crippen MR) is 47.9 cm³/mol. The van der Waals surface area contributed by atoms with Crippen LogP contribution >= 0.6 is 0 Å². The molecule has 1 fully saturated rings. The number of amides is 2. The summed E-state index contributed by atoms with van der Waals surface area (Å²) in [6.07, 6.45) is 0.825. The van der Waals surface area contributed by atoms with Crippen LogP contribution in [0.4, 0.5) is 0 Å². The Labute approximate surface area is 77.3 Å². The number of likely N-dealkylation sites (tertiary alicyclic amines) is 1. The van der Waals surface area contributed by atoms with Crippen LogP contribution in [-0.4, -0.2) is 42.4 Å². The van der Waals surface area contributed by atoms with Crippen LogP contribution in [0.1, 0.15) is 13.3 Å². The van der Waals surface area contributed by atoms with E-state index in [0.717, 1.165) is 6.42 Å². The smallest absolute Gasteiger partial charge is 0.236 e. The third-order valence-electron chi connectivity index (χ3n) is 2.12. The van der Waals surface area contributed by atoms with Gasteiger partial charge in [0.25, 0.3) is 0 Å². The molecule has 0 saturated carbocycles. The van der Waals surface area contributed by atoms with E-state index < -0.39 is 0 Å². The molecule has 3 N–H and O–H groups in total. The van der Waals surface area contributed by atoms with Gasteiger partial charge < -0.3 is 16.0 Å². The molecule has 0 bridgehead atoms. The van der Waals surface area contributed by atoms with Crippen LogP contribution in [0.5, 0.6) is 0 Å². The summed E-state index contributed by atoms with van der Waals surface area (Å²) in [4.78, 5) is 23.5. The highest BCUT2D eigenvalue weighted by Gasteiger charge is 2.25. The van der Waals surface area contributed by atoms with E-state index >= 15 is 0 Å². The summed E-state index contributed by atoms with van der Waals surface area (Å²) < 4.78 is 0. The zero-order chi connectivity index (χ0) is 9.84. The van der Waals surface area contributed by atoms with Gasteiger partial charge in [0.2, 0.25) is 11.8 Å². The van der Waals surface area contributed by atoms with Gasteiger partial charge in [-0.3, -0.25) is 9.59 Å². The van der Waals surface area contributed by atoms with Crippen molar-refractivity contribution in [1.82, 2.24) is 10.2 Å². The van der Waals surface area contributed by atoms with Crippen molar-refractivity contribution < 1.29 is 9.59 Å². The molecular weight excluding hydrogens is 170 g/mol. The first-order valence-electron chi connectivity index (χ1n) is 4.38. The van der Waals surface area contributed by atoms with Gasteiger partial charge in [0.1, 0.15) is 0 Å². The Morgan fingerprint density at radius 1 is 1.62 bits per heavy atom. The Balaban J connectivity index is 2.36. The molecule has 0 aromatic carbocycles. The van der Waals surface area contributed by atoms with Gasteiger partial charge in [-0.25, -0.2) is 0 Å². The largest absolute Gasteiger partial charge is 0.352 e. The van der Waals surface area contributed by atoms with Crippen molar-refractivity contribution in [3.63, 3.8) is 0 Å². The molecule has 1 heterocycles. The summed E-state index contributed by atoms with van der Waals surface area (Å²) in [5, 5.41) is 2.78. The Morgan fingerprint density at radius 3 is 2.85 bits per heavy atom. The van der Waals surface area contributed by atoms with Gasteiger partial charge in [0.05, 0.1) is 6.54 Å². The van der Waals surface area contributed by atoms with Crippen LogP contribution < -0.4 is 11.1 Å². The van der Waals surface area contributed by atoms with Crippen LogP contribution in [0.15, 0.2) is 0 Å². The first-order chi connectivity index (χ1) is 6.13. The van der Waals surface area contributed by atoms with E-state index in [1.165, 1.54) is 6.92 Å². The van der Waals surface area contributed by atoms with Gasteiger partial charge in [-0.15, -0.1) is 0 Å². The fraction of sp³-hybridized carbons (Fsp3) is 0.750. The lowest BCUT2D eigenvalue weighted by Crippen LogP contribution is -2.39. The standard InChI is InChI=1S/C8H15N3O2/c1-6(12)10-7-2-3-11(5-7)8(13)4-9/h7H,2-5,9H2,1H3,(H,10,12). The molecule has 0 aromatic rings. The maximum Gasteiger partial charge on any atom is 0.236 e. The molecular formula is C8H15N3O2. The molecule has 5 heteroatoms. The zero-order valence-corrected chi connectivity index (χ0v) is 7.75. The highest BCUT2D eigenvalue weighted by molar-refractivity contribution is 5.78. The first-order valence-corrected chi connectivity index (χ1v) is 4.38. The molecule has 2 amide bonds. The molecule has 1 aliphatic rings. The van der Waals surface area contributed by atoms with E-state index in [1.807, 2.05) is 0 Å². The fourth-order valence-corrected chi connectivity index (χ4v) is 1.52. The summed E-state index contributed by atoms with van der Waals surface area (Å²) in [7, 11) is 0. The van der Waals surface area contributed by atoms with Crippen molar-refractivity contribution in [2.75, 3.05) is 19.6 Å². The van der Waals surface area contributed by atoms with Gasteiger partial charge in [0.15, 0.2) is 0 Å². The normalized spacial score (nSPS) is 21.7. The average molecular weight is 185 g/mol. The SMILES string of the molecule is CC(=O)NC1CCN(C(=O)CN)C1. The Hall–Kier alpha value is -1.10. The number of carbonyl (C=O) groups excluding carboxylic acids is 2. The second kappa shape index (κ2) is 4.23. The molecule has 0 radical (unpaired) electrons. The van der Waals surface area contributed by atoms with Crippen molar-refractivity contribution in [2.45, 2.75) is 19.4 Å². The molecule has 1 saturated heterocycles. The van der Waals surface area contributed by atoms with Crippen LogP contribution in [0.25, 0.3) is 0 Å². The van der Waals surface area contributed by atoms with E-state index in [1.54, 1.807) is 4.90 Å². The maximum atomic E-state index is 11.1. The molecule has 13 heavy (non-hydrogen) atoms. The lowest BCUT2D eigenvalue weighted by Gasteiger charge is -2.15. The topological polar surface area (TPSA) is 75.4 Å². The van der Waals surface area contributed by atoms with Crippen molar-refractivity contribution in [3.8, 4) is 0 Å². The lowest BCUT2D eigenvalue weighted by atomic mass is 10.3. The van der Waals surface area contributed by atoms with Crippen molar-refractivity contribution in [2.24, 2.45) is 5.73 Å². The number of nitrogens with one attached hydrogen (secondary N) is 1. The summed E-state index contributed by atoms with van der Waals surface area (Å²) in [5.74, 6) is -0.0973. The molecule has 1 aliphatic heterocycles. The highest BCUT2D eigenvalue weighted by atomic mass is 16.2. The maximum absolute atomic E-state index is 11.1. The fourth-order valence-electron chi connectivity index (χ4n) is 1.52. The highest BCUT2D eigenvalue weighted by Crippen LogP contribution is 2.08. The Morgan fingerprint density at radius 2 is 2.31 bits per heavy atom. The van der Waals surface area contributed by atoms with Crippen molar-refractivity contribution in [3.05, 3.63) is 0 Å². The molecule has 0 aromatic heterocycles. The molecule has 1 unspecified atom stereocenters. The number of hydrogen-bond acceptors (Lipinski definition) is 3. The van der Waals surface area contributed by atoms with E-state index in [9.17, 15) is 9.59 Å². The number of hydrogen-bond donors (Lipinski definition) is 2. The van der Waals surface area contributed by atoms with Crippen LogP contribution in [0.3, 0.4) is 0 Å². The second-order valence-electron chi connectivity index (χ2n) is 3.23. The van der Waals surface area contributed by atoms with Crippen LogP contribution in [-0.2, 0) is 9.59 Å². The first kappa shape index (κ1) is 9.98. The van der Waals surface area contributed by atoms with Gasteiger partial charge >= 0.3 is 0 Å². The minimum atomic E-state index is -0.0490. The van der Waals surface area contributed by atoms with E-state index in [4.69, 9.17) is 5.73 Å². The van der Waals surface area contributed by atoms with E-state index in [2.05, 4.69) is 5.32 Å². The third kappa shape index (κ3) is 2.69. The summed E-state index contributed by atoms with van der Waals surface area (Å²) in [6.45, 7) is 2.82. The van der Waals surface area contributed by atoms with E-state index in [-0.39, 0.29) is 24.4 Å². The molecule has 1 rings (SSSR count). The third-order valence-corrected chi connectivity index (χ3v) is 2.12. The molecule has 0 spiro atoms. The van der Waals surface area contributed by atoms with Gasteiger partial charge in [-0.2, -0.15) is 0 Å². The van der Waals surface area contributed by atoms with Gasteiger partial charge in [-0.1, -0.05) is 0 Å². The van der Waals surface area contributed by atoms with Crippen molar-refractivity contribution >= 4 is 11.8 Å². The lowest BCUT2D eigenvalue weighted by molar-refractivity contribution is -0.129. The number of nitrogens with two attached hydrogens (primary N) is 1. The minimum absolute atomic E-state index is 0.0483. The monoisotopic (exact) mass is 185 g/mol.